The largest absolute Gasteiger partial charge is 0.343 e. The van der Waals surface area contributed by atoms with Crippen molar-refractivity contribution in [3.05, 3.63) is 74.2 Å². The van der Waals surface area contributed by atoms with E-state index in [1.807, 2.05) is 12.1 Å². The van der Waals surface area contributed by atoms with E-state index in [2.05, 4.69) is 30.0 Å². The van der Waals surface area contributed by atoms with E-state index in [1.54, 1.807) is 23.1 Å². The minimum atomic E-state index is -0.414. The fourth-order valence-electron chi connectivity index (χ4n) is 3.72. The Kier molecular flexibility index (Phi) is 5.29. The van der Waals surface area contributed by atoms with Crippen molar-refractivity contribution < 1.29 is 4.79 Å². The lowest BCUT2D eigenvalue weighted by molar-refractivity contribution is -0.129. The summed E-state index contributed by atoms with van der Waals surface area (Å²) in [5.74, 6) is 0.223. The Bertz CT molecular complexity index is 1010. The molecule has 1 atom stereocenters. The summed E-state index contributed by atoms with van der Waals surface area (Å²) in [4.78, 5) is 16.9. The van der Waals surface area contributed by atoms with Crippen LogP contribution in [0, 0.1) is 18.3 Å². The number of allylic oxidation sites excluding steroid dienone is 1. The van der Waals surface area contributed by atoms with Gasteiger partial charge in [0.25, 0.3) is 0 Å². The van der Waals surface area contributed by atoms with Crippen LogP contribution in [-0.2, 0) is 4.79 Å². The standard InChI is InChI=1S/C21H17Cl2N3OS/c1-13-5-2-3-8-18(13)25-11-26-19(27)9-14(15(10-24)21(26)28-12-25)20-16(22)6-4-7-17(20)23/h2-8,14H,9,11-12H2,1H3. The van der Waals surface area contributed by atoms with Crippen molar-refractivity contribution in [2.75, 3.05) is 17.4 Å². The number of hydrogen-bond acceptors (Lipinski definition) is 4. The molecule has 0 N–H and O–H groups in total. The lowest BCUT2D eigenvalue weighted by atomic mass is 9.86. The maximum absolute atomic E-state index is 13.0. The monoisotopic (exact) mass is 429 g/mol. The summed E-state index contributed by atoms with van der Waals surface area (Å²) in [6.07, 6.45) is 0.179. The molecule has 142 valence electrons. The molecule has 0 bridgehead atoms. The summed E-state index contributed by atoms with van der Waals surface area (Å²) in [7, 11) is 0. The second-order valence-corrected chi connectivity index (χ2v) is 8.53. The number of nitriles is 1. The molecule has 1 saturated heterocycles. The van der Waals surface area contributed by atoms with Crippen LogP contribution in [0.5, 0.6) is 0 Å². The molecule has 0 spiro atoms. The first kappa shape index (κ1) is 19.2. The molecule has 4 rings (SSSR count). The summed E-state index contributed by atoms with van der Waals surface area (Å²) in [5, 5.41) is 11.6. The zero-order chi connectivity index (χ0) is 19.8. The first-order valence-corrected chi connectivity index (χ1v) is 10.6. The number of halogens is 2. The predicted molar refractivity (Wildman–Crippen MR) is 114 cm³/mol. The highest BCUT2D eigenvalue weighted by molar-refractivity contribution is 8.03. The predicted octanol–water partition coefficient (Wildman–Crippen LogP) is 5.52. The summed E-state index contributed by atoms with van der Waals surface area (Å²) in [5.41, 5.74) is 3.46. The Hall–Kier alpha value is -2.13. The zero-order valence-electron chi connectivity index (χ0n) is 15.2. The number of amides is 1. The van der Waals surface area contributed by atoms with Crippen LogP contribution < -0.4 is 4.90 Å². The Balaban J connectivity index is 1.73. The van der Waals surface area contributed by atoms with Crippen LogP contribution in [-0.4, -0.2) is 23.4 Å². The van der Waals surface area contributed by atoms with Gasteiger partial charge in [-0.1, -0.05) is 59.2 Å². The summed E-state index contributed by atoms with van der Waals surface area (Å²) < 4.78 is 0. The summed E-state index contributed by atoms with van der Waals surface area (Å²) in [6.45, 7) is 2.49. The minimum absolute atomic E-state index is 0.0271. The third-order valence-electron chi connectivity index (χ3n) is 5.10. The molecule has 2 aliphatic heterocycles. The maximum Gasteiger partial charge on any atom is 0.229 e. The van der Waals surface area contributed by atoms with Gasteiger partial charge in [0, 0.05) is 28.1 Å². The van der Waals surface area contributed by atoms with Crippen molar-refractivity contribution in [3.8, 4) is 6.07 Å². The van der Waals surface area contributed by atoms with Crippen LogP contribution in [0.4, 0.5) is 5.69 Å². The van der Waals surface area contributed by atoms with Gasteiger partial charge >= 0.3 is 0 Å². The van der Waals surface area contributed by atoms with E-state index < -0.39 is 5.92 Å². The second-order valence-electron chi connectivity index (χ2n) is 6.79. The molecule has 0 radical (unpaired) electrons. The highest BCUT2D eigenvalue weighted by Crippen LogP contribution is 2.46. The molecule has 0 aromatic heterocycles. The van der Waals surface area contributed by atoms with Crippen LogP contribution >= 0.6 is 35.0 Å². The number of benzene rings is 2. The smallest absolute Gasteiger partial charge is 0.229 e. The van der Waals surface area contributed by atoms with E-state index in [-0.39, 0.29) is 12.3 Å². The fraction of sp³-hybridized carbons (Fsp3) is 0.238. The molecule has 2 aliphatic rings. The number of carbonyl (C=O) groups is 1. The van der Waals surface area contributed by atoms with E-state index >= 15 is 0 Å². The van der Waals surface area contributed by atoms with E-state index in [1.165, 1.54) is 11.8 Å². The van der Waals surface area contributed by atoms with E-state index in [0.29, 0.717) is 38.8 Å². The summed E-state index contributed by atoms with van der Waals surface area (Å²) in [6, 6.07) is 15.7. The van der Waals surface area contributed by atoms with Crippen molar-refractivity contribution in [1.29, 1.82) is 5.26 Å². The van der Waals surface area contributed by atoms with Crippen LogP contribution in [0.2, 0.25) is 10.0 Å². The van der Waals surface area contributed by atoms with Gasteiger partial charge in [-0.25, -0.2) is 0 Å². The van der Waals surface area contributed by atoms with Crippen molar-refractivity contribution in [2.45, 2.75) is 19.3 Å². The number of thioether (sulfide) groups is 1. The first-order chi connectivity index (χ1) is 13.5. The van der Waals surface area contributed by atoms with Gasteiger partial charge in [-0.15, -0.1) is 0 Å². The van der Waals surface area contributed by atoms with Gasteiger partial charge in [0.15, 0.2) is 0 Å². The van der Waals surface area contributed by atoms with Gasteiger partial charge in [-0.05, 0) is 36.2 Å². The number of nitrogens with zero attached hydrogens (tertiary/aromatic N) is 3. The Morgan fingerprint density at radius 2 is 1.86 bits per heavy atom. The number of rotatable bonds is 2. The van der Waals surface area contributed by atoms with Gasteiger partial charge in [0.1, 0.15) is 0 Å². The van der Waals surface area contributed by atoms with Gasteiger partial charge in [-0.2, -0.15) is 5.26 Å². The lowest BCUT2D eigenvalue weighted by Gasteiger charge is -2.42. The molecule has 28 heavy (non-hydrogen) atoms. The summed E-state index contributed by atoms with van der Waals surface area (Å²) >= 11 is 14.3. The Labute approximate surface area is 178 Å². The Morgan fingerprint density at radius 3 is 2.54 bits per heavy atom. The Morgan fingerprint density at radius 1 is 1.14 bits per heavy atom. The molecular formula is C21H17Cl2N3OS. The van der Waals surface area contributed by atoms with E-state index in [9.17, 15) is 10.1 Å². The second kappa shape index (κ2) is 7.71. The van der Waals surface area contributed by atoms with Crippen LogP contribution in [0.3, 0.4) is 0 Å². The molecule has 4 nitrogen and oxygen atoms in total. The van der Waals surface area contributed by atoms with Crippen LogP contribution in [0.15, 0.2) is 53.1 Å². The number of hydrogen-bond donors (Lipinski definition) is 0. The highest BCUT2D eigenvalue weighted by atomic mass is 35.5. The molecular weight excluding hydrogens is 413 g/mol. The topological polar surface area (TPSA) is 47.3 Å². The third kappa shape index (κ3) is 3.26. The SMILES string of the molecule is Cc1ccccc1N1CSC2=C(C#N)C(c3c(Cl)cccc3Cl)CC(=O)N2C1. The van der Waals surface area contributed by atoms with E-state index in [0.717, 1.165) is 11.3 Å². The average Bonchev–Trinajstić information content (AvgIpc) is 2.68. The van der Waals surface area contributed by atoms with Gasteiger partial charge in [0.05, 0.1) is 29.2 Å². The molecule has 1 fully saturated rings. The number of para-hydroxylation sites is 1. The van der Waals surface area contributed by atoms with Crippen molar-refractivity contribution in [2.24, 2.45) is 0 Å². The average molecular weight is 430 g/mol. The van der Waals surface area contributed by atoms with Crippen molar-refractivity contribution in [3.63, 3.8) is 0 Å². The lowest BCUT2D eigenvalue weighted by Crippen LogP contribution is -2.47. The number of aryl methyl sites for hydroxylation is 1. The molecule has 7 heteroatoms. The number of fused-ring (bicyclic) bond motifs is 1. The number of carbonyl (C=O) groups excluding carboxylic acids is 1. The molecule has 0 aliphatic carbocycles. The van der Waals surface area contributed by atoms with Gasteiger partial charge < -0.3 is 4.90 Å². The first-order valence-electron chi connectivity index (χ1n) is 8.83. The van der Waals surface area contributed by atoms with Crippen molar-refractivity contribution >= 4 is 46.6 Å². The molecule has 1 unspecified atom stereocenters. The van der Waals surface area contributed by atoms with Crippen LogP contribution in [0.1, 0.15) is 23.5 Å². The molecule has 0 saturated carbocycles. The maximum atomic E-state index is 13.0. The highest BCUT2D eigenvalue weighted by Gasteiger charge is 2.39. The minimum Gasteiger partial charge on any atom is -0.343 e. The quantitative estimate of drug-likeness (QED) is 0.630. The third-order valence-corrected chi connectivity index (χ3v) is 6.91. The van der Waals surface area contributed by atoms with Gasteiger partial charge in [-0.3, -0.25) is 9.69 Å². The molecule has 1 amide bonds. The van der Waals surface area contributed by atoms with Crippen molar-refractivity contribution in [1.82, 2.24) is 4.90 Å². The normalized spacial score (nSPS) is 19.5. The number of anilines is 1. The molecule has 2 heterocycles. The van der Waals surface area contributed by atoms with Crippen LogP contribution in [0.25, 0.3) is 0 Å². The fourth-order valence-corrected chi connectivity index (χ4v) is 5.54. The molecule has 2 aromatic carbocycles. The molecule has 2 aromatic rings. The zero-order valence-corrected chi connectivity index (χ0v) is 17.5. The van der Waals surface area contributed by atoms with Gasteiger partial charge in [0.2, 0.25) is 5.91 Å². The van der Waals surface area contributed by atoms with E-state index in [4.69, 9.17) is 23.2 Å².